The van der Waals surface area contributed by atoms with Crippen molar-refractivity contribution in [3.8, 4) is 0 Å². The van der Waals surface area contributed by atoms with E-state index in [1.54, 1.807) is 0 Å². The largest absolute Gasteiger partial charge is 0.381 e. The zero-order valence-corrected chi connectivity index (χ0v) is 19.8. The van der Waals surface area contributed by atoms with Gasteiger partial charge in [0.25, 0.3) is 0 Å². The van der Waals surface area contributed by atoms with Gasteiger partial charge in [-0.25, -0.2) is 9.29 Å². The van der Waals surface area contributed by atoms with Gasteiger partial charge < -0.3 is 18.9 Å². The third-order valence-corrected chi connectivity index (χ3v) is 7.23. The lowest BCUT2D eigenvalue weighted by atomic mass is 9.94. The zero-order chi connectivity index (χ0) is 21.1. The van der Waals surface area contributed by atoms with Crippen LogP contribution in [0.25, 0.3) is 11.0 Å². The first-order valence-corrected chi connectivity index (χ1v) is 12.1. The van der Waals surface area contributed by atoms with Gasteiger partial charge in [-0.1, -0.05) is 20.8 Å². The van der Waals surface area contributed by atoms with E-state index in [9.17, 15) is 0 Å². The molecule has 0 amide bonds. The minimum absolute atomic E-state index is 0.0241. The predicted molar refractivity (Wildman–Crippen MR) is 127 cm³/mol. The number of nitrogens with zero attached hydrogens (tertiary/aromatic N) is 4. The van der Waals surface area contributed by atoms with E-state index in [0.717, 1.165) is 57.4 Å². The zero-order valence-electron chi connectivity index (χ0n) is 19.0. The van der Waals surface area contributed by atoms with Crippen LogP contribution in [0.1, 0.15) is 45.9 Å². The topological polar surface area (TPSA) is 45.6 Å². The first-order valence-electron chi connectivity index (χ1n) is 11.4. The number of aromatic nitrogens is 2. The SMILES string of the molecule is CN(SN1CCNCC1)c1ccc2c(c1)nc(C(C)(C)C)n2CCC1CCOCC1. The molecule has 0 radical (unpaired) electrons. The summed E-state index contributed by atoms with van der Waals surface area (Å²) in [7, 11) is 2.15. The Labute approximate surface area is 185 Å². The number of hydrogen-bond acceptors (Lipinski definition) is 6. The number of rotatable bonds is 6. The van der Waals surface area contributed by atoms with Gasteiger partial charge in [0.2, 0.25) is 0 Å². The van der Waals surface area contributed by atoms with Gasteiger partial charge in [0, 0.05) is 70.5 Å². The highest BCUT2D eigenvalue weighted by molar-refractivity contribution is 7.98. The molecule has 2 aliphatic rings. The summed E-state index contributed by atoms with van der Waals surface area (Å²) >= 11 is 1.81. The Morgan fingerprint density at radius 3 is 2.63 bits per heavy atom. The maximum Gasteiger partial charge on any atom is 0.115 e. The van der Waals surface area contributed by atoms with Crippen LogP contribution in [0.15, 0.2) is 18.2 Å². The second-order valence-corrected chi connectivity index (χ2v) is 10.8. The molecule has 0 unspecified atom stereocenters. The number of nitrogens with one attached hydrogen (secondary N) is 1. The molecule has 1 N–H and O–H groups in total. The second-order valence-electron chi connectivity index (χ2n) is 9.61. The van der Waals surface area contributed by atoms with Gasteiger partial charge in [0.05, 0.1) is 16.7 Å². The van der Waals surface area contributed by atoms with E-state index < -0.39 is 0 Å². The maximum atomic E-state index is 5.54. The smallest absolute Gasteiger partial charge is 0.115 e. The molecule has 7 heteroatoms. The van der Waals surface area contributed by atoms with Crippen LogP contribution < -0.4 is 9.62 Å². The van der Waals surface area contributed by atoms with Crippen LogP contribution >= 0.6 is 12.1 Å². The molecule has 0 spiro atoms. The number of imidazole rings is 1. The molecule has 6 nitrogen and oxygen atoms in total. The van der Waals surface area contributed by atoms with Crippen molar-refractivity contribution in [3.63, 3.8) is 0 Å². The summed E-state index contributed by atoms with van der Waals surface area (Å²) in [6.07, 6.45) is 3.59. The van der Waals surface area contributed by atoms with Crippen molar-refractivity contribution in [2.45, 2.75) is 52.0 Å². The number of aryl methyl sites for hydroxylation is 1. The fourth-order valence-electron chi connectivity index (χ4n) is 4.41. The maximum absolute atomic E-state index is 5.54. The summed E-state index contributed by atoms with van der Waals surface area (Å²) in [5.41, 5.74) is 3.60. The normalized spacial score (nSPS) is 19.5. The molecule has 0 aliphatic carbocycles. The monoisotopic (exact) mass is 431 g/mol. The van der Waals surface area contributed by atoms with Gasteiger partial charge in [0.1, 0.15) is 5.82 Å². The van der Waals surface area contributed by atoms with Crippen molar-refractivity contribution in [3.05, 3.63) is 24.0 Å². The van der Waals surface area contributed by atoms with Crippen molar-refractivity contribution in [2.24, 2.45) is 5.92 Å². The molecule has 0 bridgehead atoms. The molecule has 1 aromatic carbocycles. The molecular formula is C23H37N5OS. The first-order chi connectivity index (χ1) is 14.4. The minimum Gasteiger partial charge on any atom is -0.381 e. The van der Waals surface area contributed by atoms with Crippen LogP contribution in [-0.4, -0.2) is 60.3 Å². The molecule has 0 saturated carbocycles. The highest BCUT2D eigenvalue weighted by atomic mass is 32.2. The quantitative estimate of drug-likeness (QED) is 0.696. The Bertz CT molecular complexity index is 834. The van der Waals surface area contributed by atoms with Crippen molar-refractivity contribution < 1.29 is 4.74 Å². The molecular weight excluding hydrogens is 394 g/mol. The predicted octanol–water partition coefficient (Wildman–Crippen LogP) is 4.06. The van der Waals surface area contributed by atoms with Crippen molar-refractivity contribution >= 4 is 28.9 Å². The molecule has 3 heterocycles. The van der Waals surface area contributed by atoms with Crippen molar-refractivity contribution in [1.82, 2.24) is 19.2 Å². The Balaban J connectivity index is 1.55. The average molecular weight is 432 g/mol. The summed E-state index contributed by atoms with van der Waals surface area (Å²) < 4.78 is 12.7. The number of benzene rings is 1. The van der Waals surface area contributed by atoms with E-state index in [1.807, 2.05) is 12.1 Å². The van der Waals surface area contributed by atoms with E-state index >= 15 is 0 Å². The summed E-state index contributed by atoms with van der Waals surface area (Å²) in [6, 6.07) is 6.77. The van der Waals surface area contributed by atoms with Gasteiger partial charge in [-0.15, -0.1) is 0 Å². The highest BCUT2D eigenvalue weighted by Crippen LogP contribution is 2.32. The molecule has 2 saturated heterocycles. The Morgan fingerprint density at radius 2 is 1.93 bits per heavy atom. The highest BCUT2D eigenvalue weighted by Gasteiger charge is 2.24. The fraction of sp³-hybridized carbons (Fsp3) is 0.696. The lowest BCUT2D eigenvalue weighted by Gasteiger charge is -2.30. The second kappa shape index (κ2) is 9.47. The number of ether oxygens (including phenoxy) is 1. The van der Waals surface area contributed by atoms with Crippen LogP contribution in [0.4, 0.5) is 5.69 Å². The fourth-order valence-corrected chi connectivity index (χ4v) is 5.31. The average Bonchev–Trinajstić information content (AvgIpc) is 3.12. The van der Waals surface area contributed by atoms with Crippen LogP contribution in [0.3, 0.4) is 0 Å². The van der Waals surface area contributed by atoms with Gasteiger partial charge >= 0.3 is 0 Å². The van der Waals surface area contributed by atoms with Gasteiger partial charge in [-0.3, -0.25) is 0 Å². The van der Waals surface area contributed by atoms with Crippen LogP contribution in [-0.2, 0) is 16.7 Å². The molecule has 2 aromatic rings. The summed E-state index contributed by atoms with van der Waals surface area (Å²) in [6.45, 7) is 14.0. The van der Waals surface area contributed by atoms with Crippen molar-refractivity contribution in [2.75, 3.05) is 50.7 Å². The number of anilines is 1. The van der Waals surface area contributed by atoms with Crippen LogP contribution in [0, 0.1) is 5.92 Å². The molecule has 166 valence electrons. The first kappa shape index (κ1) is 21.9. The summed E-state index contributed by atoms with van der Waals surface area (Å²) in [5.74, 6) is 1.96. The number of fused-ring (bicyclic) bond motifs is 1. The minimum atomic E-state index is 0.0241. The molecule has 2 aliphatic heterocycles. The lowest BCUT2D eigenvalue weighted by Crippen LogP contribution is -2.41. The Kier molecular flexibility index (Phi) is 6.92. The van der Waals surface area contributed by atoms with Crippen LogP contribution in [0.5, 0.6) is 0 Å². The standard InChI is InChI=1S/C23H37N5OS/c1-23(2,3)22-25-20-17-19(26(4)30-27-13-10-24-11-14-27)5-6-21(20)28(22)12-7-18-8-15-29-16-9-18/h5-6,17-18,24H,7-16H2,1-4H3. The number of piperazine rings is 1. The molecule has 1 aromatic heterocycles. The third kappa shape index (κ3) is 5.13. The molecule has 0 atom stereocenters. The summed E-state index contributed by atoms with van der Waals surface area (Å²) in [5, 5.41) is 3.42. The van der Waals surface area contributed by atoms with E-state index in [4.69, 9.17) is 9.72 Å². The van der Waals surface area contributed by atoms with E-state index in [2.05, 4.69) is 64.5 Å². The van der Waals surface area contributed by atoms with E-state index in [-0.39, 0.29) is 5.41 Å². The van der Waals surface area contributed by atoms with E-state index in [1.165, 1.54) is 36.3 Å². The van der Waals surface area contributed by atoms with Crippen molar-refractivity contribution in [1.29, 1.82) is 0 Å². The van der Waals surface area contributed by atoms with Gasteiger partial charge in [-0.05, 0) is 43.4 Å². The van der Waals surface area contributed by atoms with Crippen LogP contribution in [0.2, 0.25) is 0 Å². The van der Waals surface area contributed by atoms with Gasteiger partial charge in [0.15, 0.2) is 0 Å². The Morgan fingerprint density at radius 1 is 1.20 bits per heavy atom. The van der Waals surface area contributed by atoms with E-state index in [0.29, 0.717) is 0 Å². The summed E-state index contributed by atoms with van der Waals surface area (Å²) in [4.78, 5) is 5.12. The molecule has 4 rings (SSSR count). The third-order valence-electron chi connectivity index (χ3n) is 6.18. The lowest BCUT2D eigenvalue weighted by molar-refractivity contribution is 0.0625. The molecule has 30 heavy (non-hydrogen) atoms. The number of hydrogen-bond donors (Lipinski definition) is 1. The molecule has 2 fully saturated rings. The van der Waals surface area contributed by atoms with Gasteiger partial charge in [-0.2, -0.15) is 0 Å². The Hall–Kier alpha value is -1.28.